The van der Waals surface area contributed by atoms with Crippen LogP contribution in [-0.2, 0) is 25.2 Å². The van der Waals surface area contributed by atoms with Crippen LogP contribution < -0.4 is 0 Å². The molecule has 0 N–H and O–H groups in total. The molecule has 368 valence electrons. The van der Waals surface area contributed by atoms with Gasteiger partial charge in [0.1, 0.15) is 18.8 Å². The Morgan fingerprint density at radius 1 is 0.329 bits per heavy atom. The van der Waals surface area contributed by atoms with E-state index in [1.165, 1.54) is 135 Å². The summed E-state index contributed by atoms with van der Waals surface area (Å²) in [6, 6.07) is 21.6. The van der Waals surface area contributed by atoms with Gasteiger partial charge in [-0.25, -0.2) is 0 Å². The van der Waals surface area contributed by atoms with E-state index in [-0.39, 0.29) is 31.1 Å². The van der Waals surface area contributed by atoms with Gasteiger partial charge in [0.25, 0.3) is 0 Å². The van der Waals surface area contributed by atoms with E-state index in [1.54, 1.807) is 183 Å². The first-order valence-corrected chi connectivity index (χ1v) is 31.3. The average Bonchev–Trinajstić information content (AvgIpc) is 1.38. The standard InChI is InChI=1S/C80H20N2O3/c1-2-85-16(83)13-81-77(15-11-7-4-8-12-15)82-75(14-9-5-3-6-10-14)79-71-63-55-45-35-27-19-17-18-21-25-23(19)31-39-33(25)43-37-29(21)30-22(18)26-24-20(17)28(27)36-42-32(24)40-34(26)44-38(30)48-47(37)57-51(43)61-53(39)59(49(55)41(31)35)65(71)69(61)73-67(57)68-58(48)52(44)62-54(40)60-50(42)56(46(36)45)64(63)72(79)66(60)70(62)74(68)80(73,79)76(82)78(81)84/h3-12,75-77H,2,13H2,1H3. The molecule has 2 saturated heterocycles. The van der Waals surface area contributed by atoms with Crippen molar-refractivity contribution in [3.05, 3.63) is 94.0 Å². The Hall–Kier alpha value is -10.2. The molecule has 36 rings (SSSR count). The summed E-state index contributed by atoms with van der Waals surface area (Å²) in [4.78, 5) is 37.3. The van der Waals surface area contributed by atoms with Gasteiger partial charge in [0.2, 0.25) is 5.91 Å². The van der Waals surface area contributed by atoms with Crippen molar-refractivity contribution in [3.63, 3.8) is 0 Å². The Morgan fingerprint density at radius 3 is 0.800 bits per heavy atom. The number of ether oxygens (including phenoxy) is 1. The maximum atomic E-state index is 17.9. The van der Waals surface area contributed by atoms with Crippen molar-refractivity contribution in [2.24, 2.45) is 0 Å². The zero-order chi connectivity index (χ0) is 51.9. The van der Waals surface area contributed by atoms with Crippen molar-refractivity contribution in [1.29, 1.82) is 0 Å². The predicted octanol–water partition coefficient (Wildman–Crippen LogP) is 18.8. The smallest absolute Gasteiger partial charge is 0.325 e. The fourth-order valence-electron chi connectivity index (χ4n) is 28.5. The molecule has 2 aliphatic heterocycles. The second kappa shape index (κ2) is 8.40. The van der Waals surface area contributed by atoms with E-state index in [0.29, 0.717) is 0 Å². The summed E-state index contributed by atoms with van der Waals surface area (Å²) in [6.07, 6.45) is -0.546. The fourth-order valence-corrected chi connectivity index (χ4v) is 28.5. The molecule has 0 bridgehead atoms. The lowest BCUT2D eigenvalue weighted by molar-refractivity contribution is -0.149. The highest BCUT2D eigenvalue weighted by molar-refractivity contribution is 6.82. The van der Waals surface area contributed by atoms with E-state index in [4.69, 9.17) is 4.74 Å². The molecule has 2 spiro atoms. The quantitative estimate of drug-likeness (QED) is 0.127. The zero-order valence-electron chi connectivity index (χ0n) is 44.0. The minimum Gasteiger partial charge on any atom is -0.465 e. The molecule has 2 fully saturated rings. The molecule has 3 atom stereocenters. The molecule has 5 heteroatoms. The number of rotatable bonds is 5. The third kappa shape index (κ3) is 2.06. The van der Waals surface area contributed by atoms with Gasteiger partial charge in [-0.05, 0) is 331 Å². The van der Waals surface area contributed by atoms with Crippen molar-refractivity contribution in [2.45, 2.75) is 36.0 Å². The van der Waals surface area contributed by atoms with Crippen molar-refractivity contribution in [2.75, 3.05) is 13.2 Å². The number of hydrogen-bond acceptors (Lipinski definition) is 4. The van der Waals surface area contributed by atoms with Gasteiger partial charge < -0.3 is 9.64 Å². The lowest BCUT2D eigenvalue weighted by Crippen LogP contribution is -2.57. The van der Waals surface area contributed by atoms with Gasteiger partial charge in [-0.15, -0.1) is 0 Å². The Kier molecular flexibility index (Phi) is 3.40. The van der Waals surface area contributed by atoms with E-state index in [2.05, 4.69) is 65.6 Å². The number of carbonyl (C=O) groups is 2. The molecule has 3 unspecified atom stereocenters. The van der Waals surface area contributed by atoms with E-state index < -0.39 is 23.0 Å². The highest BCUT2D eigenvalue weighted by Crippen LogP contribution is 2.89. The van der Waals surface area contributed by atoms with Crippen LogP contribution in [0.1, 0.15) is 52.5 Å². The first-order chi connectivity index (χ1) is 42.2. The van der Waals surface area contributed by atoms with E-state index in [0.717, 1.165) is 5.56 Å². The van der Waals surface area contributed by atoms with Crippen LogP contribution in [0.3, 0.4) is 0 Å². The third-order valence-corrected chi connectivity index (χ3v) is 28.8. The summed E-state index contributed by atoms with van der Waals surface area (Å²) in [5, 5.41) is 83.6. The number of hydrogen-bond donors (Lipinski definition) is 0. The van der Waals surface area contributed by atoms with Crippen molar-refractivity contribution in [1.82, 2.24) is 9.80 Å². The monoisotopic (exact) mass is 1060 g/mol. The fraction of sp³-hybridized carbons (Fsp3) is 0.100. The number of fused-ring (bicyclic) bond motifs is 1. The minimum atomic E-state index is -0.896. The second-order valence-electron chi connectivity index (χ2n) is 29.6. The highest BCUT2D eigenvalue weighted by atomic mass is 16.5. The van der Waals surface area contributed by atoms with Gasteiger partial charge in [0, 0.05) is 0 Å². The number of esters is 1. The molecule has 4 aliphatic carbocycles. The Morgan fingerprint density at radius 2 is 0.553 bits per heavy atom. The Labute approximate surface area is 467 Å². The van der Waals surface area contributed by atoms with E-state index >= 15 is 4.79 Å². The van der Waals surface area contributed by atoms with Crippen LogP contribution in [0.15, 0.2) is 60.7 Å². The van der Waals surface area contributed by atoms with Crippen LogP contribution in [0.5, 0.6) is 0 Å². The summed E-state index contributed by atoms with van der Waals surface area (Å²) in [5.74, 6) is -0.278. The molecule has 2 heterocycles. The molecular weight excluding hydrogens is 1040 g/mol. The second-order valence-corrected chi connectivity index (χ2v) is 29.6. The zero-order valence-corrected chi connectivity index (χ0v) is 44.0. The number of amides is 1. The van der Waals surface area contributed by atoms with Gasteiger partial charge >= 0.3 is 5.97 Å². The normalized spacial score (nSPS) is 24.1. The Bertz CT molecular complexity index is 8020. The number of carbonyl (C=O) groups excluding carboxylic acids is 2. The van der Waals surface area contributed by atoms with Crippen LogP contribution in [-0.4, -0.2) is 40.9 Å². The maximum absolute atomic E-state index is 17.9. The molecule has 6 aliphatic rings. The predicted molar refractivity (Wildman–Crippen MR) is 346 cm³/mol. The summed E-state index contributed by atoms with van der Waals surface area (Å²) < 4.78 is 5.96. The van der Waals surface area contributed by atoms with Crippen LogP contribution in [0, 0.1) is 0 Å². The molecular formula is C80H20N2O3. The molecule has 0 radical (unpaired) electrons. The van der Waals surface area contributed by atoms with E-state index in [9.17, 15) is 4.79 Å². The van der Waals surface area contributed by atoms with Crippen molar-refractivity contribution >= 4 is 303 Å². The highest BCUT2D eigenvalue weighted by Gasteiger charge is 2.83. The first-order valence-electron chi connectivity index (χ1n) is 31.3. The van der Waals surface area contributed by atoms with Crippen LogP contribution in [0.2, 0.25) is 0 Å². The average molecular weight is 1060 g/mol. The third-order valence-electron chi connectivity index (χ3n) is 28.8. The van der Waals surface area contributed by atoms with Gasteiger partial charge in [-0.3, -0.25) is 14.5 Å². The summed E-state index contributed by atoms with van der Waals surface area (Å²) in [5.41, 5.74) is 6.67. The molecule has 30 aromatic carbocycles. The van der Waals surface area contributed by atoms with Crippen molar-refractivity contribution in [3.8, 4) is 0 Å². The van der Waals surface area contributed by atoms with Gasteiger partial charge in [-0.1, -0.05) is 60.7 Å². The lowest BCUT2D eigenvalue weighted by Gasteiger charge is -2.53. The first kappa shape index (κ1) is 34.4. The summed E-state index contributed by atoms with van der Waals surface area (Å²) in [7, 11) is 0. The number of nitrogens with zero attached hydrogens (tertiary/aromatic N) is 2. The molecule has 0 aromatic heterocycles. The lowest BCUT2D eigenvalue weighted by atomic mass is 9.46. The molecule has 30 aromatic rings. The largest absolute Gasteiger partial charge is 0.465 e. The molecule has 0 saturated carbocycles. The van der Waals surface area contributed by atoms with Gasteiger partial charge in [-0.2, -0.15) is 0 Å². The van der Waals surface area contributed by atoms with Crippen molar-refractivity contribution < 1.29 is 14.3 Å². The number of benzene rings is 20. The summed E-state index contributed by atoms with van der Waals surface area (Å²) >= 11 is 0. The van der Waals surface area contributed by atoms with Crippen LogP contribution in [0.4, 0.5) is 0 Å². The van der Waals surface area contributed by atoms with Crippen LogP contribution in [0.25, 0.3) is 291 Å². The topological polar surface area (TPSA) is 49.9 Å². The van der Waals surface area contributed by atoms with Gasteiger partial charge in [0.05, 0.1) is 23.5 Å². The SMILES string of the molecule is CCOC(=O)CN1C(=O)C2N(C1c1ccccc1)C(c1ccccc1)C13c4c5c6c7c8c9c(c%10c%11c1c1c4c4c%12c5c5c6c6c8c8c%13c9c9c%10c%10c%11c%11c1c1c4c4c%12c%12c5c5c6c8c6c8c%13c9c9c%10c%10c%11c1c1c4c4c%12c5c6c5c8c9c%10c1c45)C723. The molecule has 85 heavy (non-hydrogen) atoms. The van der Waals surface area contributed by atoms with E-state index in [1.807, 2.05) is 11.8 Å². The van der Waals surface area contributed by atoms with Gasteiger partial charge in [0.15, 0.2) is 0 Å². The molecule has 5 nitrogen and oxygen atoms in total. The Balaban J connectivity index is 1.00. The molecule has 1 amide bonds. The minimum absolute atomic E-state index is 0.0669. The summed E-state index contributed by atoms with van der Waals surface area (Å²) in [6.45, 7) is 2.04. The van der Waals surface area contributed by atoms with Crippen LogP contribution >= 0.6 is 0 Å². The maximum Gasteiger partial charge on any atom is 0.325 e.